The first-order valence-electron chi connectivity index (χ1n) is 7.55. The van der Waals surface area contributed by atoms with E-state index < -0.39 is 0 Å². The van der Waals surface area contributed by atoms with Gasteiger partial charge in [-0.05, 0) is 31.9 Å². The van der Waals surface area contributed by atoms with Crippen LogP contribution in [0, 0.1) is 0 Å². The molecule has 0 amide bonds. The average Bonchev–Trinajstić information content (AvgIpc) is 3.04. The number of hydrogen-bond donors (Lipinski definition) is 1. The molecule has 2 heterocycles. The zero-order valence-corrected chi connectivity index (χ0v) is 12.3. The van der Waals surface area contributed by atoms with Crippen LogP contribution in [0.2, 0.25) is 0 Å². The first kappa shape index (κ1) is 14.2. The molecule has 0 aliphatic carbocycles. The van der Waals surface area contributed by atoms with Gasteiger partial charge < -0.3 is 10.1 Å². The van der Waals surface area contributed by atoms with Crippen LogP contribution in [0.25, 0.3) is 10.9 Å². The van der Waals surface area contributed by atoms with Crippen LogP contribution in [-0.2, 0) is 11.3 Å². The van der Waals surface area contributed by atoms with Crippen LogP contribution >= 0.6 is 0 Å². The van der Waals surface area contributed by atoms with E-state index in [2.05, 4.69) is 17.2 Å². The number of nitrogens with one attached hydrogen (secondary N) is 1. The lowest BCUT2D eigenvalue weighted by Gasteiger charge is -2.20. The largest absolute Gasteiger partial charge is 0.377 e. The molecule has 1 aromatic heterocycles. The molecule has 2 unspecified atom stereocenters. The predicted molar refractivity (Wildman–Crippen MR) is 82.4 cm³/mol. The van der Waals surface area contributed by atoms with Crippen molar-refractivity contribution in [2.75, 3.05) is 13.2 Å². The molecule has 5 nitrogen and oxygen atoms in total. The van der Waals surface area contributed by atoms with E-state index in [1.54, 1.807) is 10.9 Å². The van der Waals surface area contributed by atoms with Crippen molar-refractivity contribution in [1.29, 1.82) is 0 Å². The van der Waals surface area contributed by atoms with Gasteiger partial charge in [0.05, 0.1) is 23.3 Å². The fraction of sp³-hybridized carbons (Fsp3) is 0.500. The molecule has 1 aliphatic heterocycles. The van der Waals surface area contributed by atoms with Crippen molar-refractivity contribution in [3.8, 4) is 0 Å². The van der Waals surface area contributed by atoms with Crippen LogP contribution in [0.3, 0.4) is 0 Å². The second-order valence-corrected chi connectivity index (χ2v) is 5.55. The van der Waals surface area contributed by atoms with Gasteiger partial charge in [-0.15, -0.1) is 0 Å². The molecule has 0 bridgehead atoms. The molecule has 2 aromatic rings. The summed E-state index contributed by atoms with van der Waals surface area (Å²) in [7, 11) is 0. The predicted octanol–water partition coefficient (Wildman–Crippen LogP) is 1.55. The van der Waals surface area contributed by atoms with E-state index >= 15 is 0 Å². The van der Waals surface area contributed by atoms with Crippen molar-refractivity contribution in [3.63, 3.8) is 0 Å². The average molecular weight is 287 g/mol. The van der Waals surface area contributed by atoms with E-state index in [0.717, 1.165) is 31.5 Å². The molecule has 1 N–H and O–H groups in total. The van der Waals surface area contributed by atoms with Gasteiger partial charge in [-0.1, -0.05) is 12.1 Å². The monoisotopic (exact) mass is 287 g/mol. The lowest BCUT2D eigenvalue weighted by atomic mass is 10.1. The topological polar surface area (TPSA) is 56.2 Å². The SMILES string of the molecule is CC(NCCn1cnc2ccccc2c1=O)C1CCCO1. The Labute approximate surface area is 124 Å². The van der Waals surface area contributed by atoms with Gasteiger partial charge in [0.15, 0.2) is 0 Å². The Balaban J connectivity index is 1.63. The quantitative estimate of drug-likeness (QED) is 0.906. The maximum Gasteiger partial charge on any atom is 0.261 e. The first-order chi connectivity index (χ1) is 10.3. The molecule has 1 aromatic carbocycles. The lowest BCUT2D eigenvalue weighted by molar-refractivity contribution is 0.0835. The highest BCUT2D eigenvalue weighted by atomic mass is 16.5. The van der Waals surface area contributed by atoms with Crippen molar-refractivity contribution < 1.29 is 4.74 Å². The van der Waals surface area contributed by atoms with Gasteiger partial charge in [-0.3, -0.25) is 9.36 Å². The van der Waals surface area contributed by atoms with Crippen LogP contribution in [-0.4, -0.2) is 34.8 Å². The van der Waals surface area contributed by atoms with Gasteiger partial charge in [-0.25, -0.2) is 4.98 Å². The molecule has 3 rings (SSSR count). The summed E-state index contributed by atoms with van der Waals surface area (Å²) in [6, 6.07) is 7.76. The third kappa shape index (κ3) is 3.14. The Kier molecular flexibility index (Phi) is 4.31. The Morgan fingerprint density at radius 2 is 2.33 bits per heavy atom. The highest BCUT2D eigenvalue weighted by Crippen LogP contribution is 2.15. The minimum atomic E-state index is 0.0205. The minimum Gasteiger partial charge on any atom is -0.377 e. The summed E-state index contributed by atoms with van der Waals surface area (Å²) in [4.78, 5) is 16.7. The number of para-hydroxylation sites is 1. The lowest BCUT2D eigenvalue weighted by Crippen LogP contribution is -2.39. The molecular weight excluding hydrogens is 266 g/mol. The van der Waals surface area contributed by atoms with E-state index in [1.165, 1.54) is 0 Å². The van der Waals surface area contributed by atoms with Gasteiger partial charge in [0, 0.05) is 25.7 Å². The molecule has 21 heavy (non-hydrogen) atoms. The Morgan fingerprint density at radius 3 is 3.14 bits per heavy atom. The van der Waals surface area contributed by atoms with Gasteiger partial charge in [0.25, 0.3) is 5.56 Å². The molecule has 1 saturated heterocycles. The van der Waals surface area contributed by atoms with E-state index in [9.17, 15) is 4.79 Å². The molecule has 0 radical (unpaired) electrons. The Bertz CT molecular complexity index is 662. The summed E-state index contributed by atoms with van der Waals surface area (Å²) in [5.41, 5.74) is 0.770. The molecule has 2 atom stereocenters. The first-order valence-corrected chi connectivity index (χ1v) is 7.55. The molecule has 0 spiro atoms. The second kappa shape index (κ2) is 6.37. The number of ether oxygens (including phenoxy) is 1. The fourth-order valence-corrected chi connectivity index (χ4v) is 2.81. The van der Waals surface area contributed by atoms with E-state index in [-0.39, 0.29) is 5.56 Å². The molecular formula is C16H21N3O2. The summed E-state index contributed by atoms with van der Waals surface area (Å²) in [5.74, 6) is 0. The molecule has 5 heteroatoms. The van der Waals surface area contributed by atoms with Crippen LogP contribution in [0.5, 0.6) is 0 Å². The van der Waals surface area contributed by atoms with Crippen LogP contribution in [0.15, 0.2) is 35.4 Å². The Morgan fingerprint density at radius 1 is 1.48 bits per heavy atom. The normalized spacial score (nSPS) is 20.0. The number of rotatable bonds is 5. The van der Waals surface area contributed by atoms with Gasteiger partial charge in [0.1, 0.15) is 0 Å². The third-order valence-electron chi connectivity index (χ3n) is 4.07. The van der Waals surface area contributed by atoms with Gasteiger partial charge in [-0.2, -0.15) is 0 Å². The number of nitrogens with zero attached hydrogens (tertiary/aromatic N) is 2. The number of hydrogen-bond acceptors (Lipinski definition) is 4. The van der Waals surface area contributed by atoms with Gasteiger partial charge >= 0.3 is 0 Å². The fourth-order valence-electron chi connectivity index (χ4n) is 2.81. The van der Waals surface area contributed by atoms with E-state index in [1.807, 2.05) is 24.3 Å². The van der Waals surface area contributed by atoms with Crippen molar-refractivity contribution in [2.24, 2.45) is 0 Å². The van der Waals surface area contributed by atoms with Crippen molar-refractivity contribution in [1.82, 2.24) is 14.9 Å². The zero-order chi connectivity index (χ0) is 14.7. The molecule has 112 valence electrons. The summed E-state index contributed by atoms with van der Waals surface area (Å²) in [5, 5.41) is 4.11. The molecule has 0 saturated carbocycles. The number of aromatic nitrogens is 2. The number of fused-ring (bicyclic) bond motifs is 1. The second-order valence-electron chi connectivity index (χ2n) is 5.55. The summed E-state index contributed by atoms with van der Waals surface area (Å²) in [6.45, 7) is 4.36. The maximum atomic E-state index is 12.3. The zero-order valence-electron chi connectivity index (χ0n) is 12.3. The third-order valence-corrected chi connectivity index (χ3v) is 4.07. The summed E-state index contributed by atoms with van der Waals surface area (Å²) >= 11 is 0. The minimum absolute atomic E-state index is 0.0205. The summed E-state index contributed by atoms with van der Waals surface area (Å²) in [6.07, 6.45) is 4.19. The van der Waals surface area contributed by atoms with Crippen LogP contribution in [0.1, 0.15) is 19.8 Å². The molecule has 1 aliphatic rings. The number of benzene rings is 1. The highest BCUT2D eigenvalue weighted by molar-refractivity contribution is 5.76. The standard InChI is InChI=1S/C16H21N3O2/c1-12(15-7-4-10-21-15)17-8-9-19-11-18-14-6-3-2-5-13(14)16(19)20/h2-3,5-6,11-12,15,17H,4,7-10H2,1H3. The smallest absolute Gasteiger partial charge is 0.261 e. The highest BCUT2D eigenvalue weighted by Gasteiger charge is 2.21. The Hall–Kier alpha value is -1.72. The maximum absolute atomic E-state index is 12.3. The molecule has 1 fully saturated rings. The van der Waals surface area contributed by atoms with Crippen LogP contribution in [0.4, 0.5) is 0 Å². The van der Waals surface area contributed by atoms with E-state index in [0.29, 0.717) is 24.1 Å². The van der Waals surface area contributed by atoms with Gasteiger partial charge in [0.2, 0.25) is 0 Å². The summed E-state index contributed by atoms with van der Waals surface area (Å²) < 4.78 is 7.32. The van der Waals surface area contributed by atoms with E-state index in [4.69, 9.17) is 4.74 Å². The van der Waals surface area contributed by atoms with Crippen molar-refractivity contribution >= 4 is 10.9 Å². The van der Waals surface area contributed by atoms with Crippen LogP contribution < -0.4 is 10.9 Å². The van der Waals surface area contributed by atoms with Crippen molar-refractivity contribution in [2.45, 2.75) is 38.5 Å². The van der Waals surface area contributed by atoms with Crippen molar-refractivity contribution in [3.05, 3.63) is 40.9 Å².